The summed E-state index contributed by atoms with van der Waals surface area (Å²) in [5.74, 6) is -0.0721. The van der Waals surface area contributed by atoms with E-state index in [0.29, 0.717) is 18.9 Å². The first-order valence-electron chi connectivity index (χ1n) is 8.97. The van der Waals surface area contributed by atoms with E-state index in [1.807, 2.05) is 24.3 Å². The van der Waals surface area contributed by atoms with Crippen molar-refractivity contribution in [1.29, 1.82) is 0 Å². The highest BCUT2D eigenvalue weighted by Gasteiger charge is 2.55. The maximum Gasteiger partial charge on any atom is 0.240 e. The van der Waals surface area contributed by atoms with Crippen molar-refractivity contribution in [2.45, 2.75) is 50.1 Å². The second-order valence-corrected chi connectivity index (χ2v) is 7.55. The van der Waals surface area contributed by atoms with Gasteiger partial charge in [0.1, 0.15) is 6.04 Å². The number of likely N-dealkylation sites (tertiary alicyclic amines) is 1. The average Bonchev–Trinajstić information content (AvgIpc) is 3.35. The highest BCUT2D eigenvalue weighted by molar-refractivity contribution is 5.96. The van der Waals surface area contributed by atoms with Crippen molar-refractivity contribution in [3.8, 4) is 0 Å². The molecule has 1 spiro atoms. The van der Waals surface area contributed by atoms with Crippen molar-refractivity contribution in [2.75, 3.05) is 6.54 Å². The second kappa shape index (κ2) is 5.86. The number of carbonyl (C=O) groups excluding carboxylic acids is 3. The number of fused-ring (bicyclic) bond motifs is 2. The van der Waals surface area contributed by atoms with Crippen LogP contribution in [0.2, 0.25) is 0 Å². The zero-order valence-electron chi connectivity index (χ0n) is 14.2. The Labute approximate surface area is 146 Å². The molecular formula is C19H23N3O3. The fraction of sp³-hybridized carbons (Fsp3) is 0.526. The maximum atomic E-state index is 12.8. The van der Waals surface area contributed by atoms with Gasteiger partial charge in [-0.3, -0.25) is 14.4 Å². The van der Waals surface area contributed by atoms with Crippen LogP contribution in [-0.2, 0) is 26.3 Å². The lowest BCUT2D eigenvalue weighted by molar-refractivity contribution is -0.137. The lowest BCUT2D eigenvalue weighted by Crippen LogP contribution is -2.50. The first kappa shape index (κ1) is 16.1. The van der Waals surface area contributed by atoms with Gasteiger partial charge < -0.3 is 16.0 Å². The molecule has 2 unspecified atom stereocenters. The zero-order chi connectivity index (χ0) is 17.6. The largest absolute Gasteiger partial charge is 0.368 e. The van der Waals surface area contributed by atoms with Gasteiger partial charge in [0, 0.05) is 19.5 Å². The lowest BCUT2D eigenvalue weighted by atomic mass is 9.73. The number of nitrogens with one attached hydrogen (secondary N) is 1. The average molecular weight is 341 g/mol. The fourth-order valence-corrected chi connectivity index (χ4v) is 4.27. The predicted octanol–water partition coefficient (Wildman–Crippen LogP) is 0.831. The fourth-order valence-electron chi connectivity index (χ4n) is 4.27. The number of nitrogens with zero attached hydrogens (tertiary/aromatic N) is 1. The molecule has 2 heterocycles. The van der Waals surface area contributed by atoms with Crippen LogP contribution in [0.25, 0.3) is 0 Å². The van der Waals surface area contributed by atoms with Crippen LogP contribution in [0.4, 0.5) is 0 Å². The number of amides is 3. The van der Waals surface area contributed by atoms with Gasteiger partial charge in [0.15, 0.2) is 0 Å². The van der Waals surface area contributed by atoms with Crippen LogP contribution >= 0.6 is 0 Å². The highest BCUT2D eigenvalue weighted by atomic mass is 16.2. The molecule has 3 aliphatic rings. The molecule has 3 N–H and O–H groups in total. The zero-order valence-corrected chi connectivity index (χ0v) is 14.2. The van der Waals surface area contributed by atoms with Gasteiger partial charge in [-0.05, 0) is 29.9 Å². The molecule has 0 aromatic heterocycles. The van der Waals surface area contributed by atoms with E-state index in [-0.39, 0.29) is 24.8 Å². The Balaban J connectivity index is 1.66. The van der Waals surface area contributed by atoms with E-state index in [0.717, 1.165) is 17.5 Å². The van der Waals surface area contributed by atoms with Crippen LogP contribution in [0.5, 0.6) is 0 Å². The van der Waals surface area contributed by atoms with Crippen LogP contribution in [0.15, 0.2) is 24.3 Å². The molecule has 1 aromatic rings. The Morgan fingerprint density at radius 2 is 2.04 bits per heavy atom. The molecule has 6 heteroatoms. The van der Waals surface area contributed by atoms with Gasteiger partial charge in [0.2, 0.25) is 17.7 Å². The topological polar surface area (TPSA) is 92.5 Å². The molecule has 132 valence electrons. The minimum absolute atomic E-state index is 0.0663. The number of hydrogen-bond donors (Lipinski definition) is 2. The molecule has 25 heavy (non-hydrogen) atoms. The summed E-state index contributed by atoms with van der Waals surface area (Å²) in [7, 11) is 0. The molecule has 0 bridgehead atoms. The number of nitrogens with two attached hydrogens (primary N) is 1. The Morgan fingerprint density at radius 3 is 2.76 bits per heavy atom. The first-order valence-corrected chi connectivity index (χ1v) is 8.97. The standard InChI is InChI=1S/C19H23N3O3/c20-17(24)15-9-19(11-22(15)16(23)8-7-12-5-6-12)14-4-2-1-3-13(14)10-21-18(19)25/h1-4,12,15H,5-11H2,(H2,20,24)(H,21,25). The number of primary amides is 1. The third kappa shape index (κ3) is 2.69. The van der Waals surface area contributed by atoms with Gasteiger partial charge in [0.25, 0.3) is 0 Å². The van der Waals surface area contributed by atoms with Crippen LogP contribution in [0, 0.1) is 5.92 Å². The van der Waals surface area contributed by atoms with Crippen molar-refractivity contribution in [3.63, 3.8) is 0 Å². The maximum absolute atomic E-state index is 12.8. The van der Waals surface area contributed by atoms with Crippen molar-refractivity contribution in [3.05, 3.63) is 35.4 Å². The summed E-state index contributed by atoms with van der Waals surface area (Å²) in [6, 6.07) is 7.03. The van der Waals surface area contributed by atoms with E-state index in [2.05, 4.69) is 5.32 Å². The Hall–Kier alpha value is -2.37. The molecule has 4 rings (SSSR count). The number of carbonyl (C=O) groups is 3. The molecular weight excluding hydrogens is 318 g/mol. The highest BCUT2D eigenvalue weighted by Crippen LogP contribution is 2.42. The van der Waals surface area contributed by atoms with Gasteiger partial charge in [0.05, 0.1) is 5.41 Å². The number of hydrogen-bond acceptors (Lipinski definition) is 3. The van der Waals surface area contributed by atoms with Crippen LogP contribution in [0.1, 0.15) is 43.2 Å². The Kier molecular flexibility index (Phi) is 3.78. The van der Waals surface area contributed by atoms with Crippen molar-refractivity contribution in [1.82, 2.24) is 10.2 Å². The summed E-state index contributed by atoms with van der Waals surface area (Å²) >= 11 is 0. The third-order valence-electron chi connectivity index (χ3n) is 5.88. The van der Waals surface area contributed by atoms with E-state index < -0.39 is 17.4 Å². The van der Waals surface area contributed by atoms with Gasteiger partial charge in [-0.25, -0.2) is 0 Å². The molecule has 1 saturated carbocycles. The first-order chi connectivity index (χ1) is 12.0. The van der Waals surface area contributed by atoms with E-state index in [9.17, 15) is 14.4 Å². The molecule has 1 aliphatic carbocycles. The number of benzene rings is 1. The monoisotopic (exact) mass is 341 g/mol. The van der Waals surface area contributed by atoms with E-state index >= 15 is 0 Å². The summed E-state index contributed by atoms with van der Waals surface area (Å²) in [6.07, 6.45) is 3.92. The van der Waals surface area contributed by atoms with Gasteiger partial charge >= 0.3 is 0 Å². The van der Waals surface area contributed by atoms with Crippen LogP contribution in [-0.4, -0.2) is 35.2 Å². The second-order valence-electron chi connectivity index (χ2n) is 7.55. The SMILES string of the molecule is NC(=O)C1CC2(CN1C(=O)CCC1CC1)C(=O)NCc1ccccc12. The summed E-state index contributed by atoms with van der Waals surface area (Å²) in [6.45, 7) is 0.709. The van der Waals surface area contributed by atoms with E-state index in [4.69, 9.17) is 5.73 Å². The quantitative estimate of drug-likeness (QED) is 0.849. The van der Waals surface area contributed by atoms with E-state index in [1.54, 1.807) is 4.90 Å². The van der Waals surface area contributed by atoms with E-state index in [1.165, 1.54) is 12.8 Å². The van der Waals surface area contributed by atoms with Crippen LogP contribution < -0.4 is 11.1 Å². The van der Waals surface area contributed by atoms with Crippen molar-refractivity contribution in [2.24, 2.45) is 11.7 Å². The Bertz CT molecular complexity index is 743. The molecule has 2 atom stereocenters. The molecule has 1 aromatic carbocycles. The molecule has 1 saturated heterocycles. The minimum atomic E-state index is -0.871. The smallest absolute Gasteiger partial charge is 0.240 e. The summed E-state index contributed by atoms with van der Waals surface area (Å²) in [4.78, 5) is 39.1. The third-order valence-corrected chi connectivity index (χ3v) is 5.88. The normalized spacial score (nSPS) is 27.9. The number of rotatable bonds is 4. The summed E-state index contributed by atoms with van der Waals surface area (Å²) in [5, 5.41) is 2.92. The molecule has 2 aliphatic heterocycles. The summed E-state index contributed by atoms with van der Waals surface area (Å²) in [5.41, 5.74) is 6.67. The van der Waals surface area contributed by atoms with Gasteiger partial charge in [-0.15, -0.1) is 0 Å². The molecule has 3 amide bonds. The molecule has 2 fully saturated rings. The van der Waals surface area contributed by atoms with Gasteiger partial charge in [-0.2, -0.15) is 0 Å². The Morgan fingerprint density at radius 1 is 1.28 bits per heavy atom. The summed E-state index contributed by atoms with van der Waals surface area (Å²) < 4.78 is 0. The van der Waals surface area contributed by atoms with Gasteiger partial charge in [-0.1, -0.05) is 37.1 Å². The van der Waals surface area contributed by atoms with Crippen LogP contribution in [0.3, 0.4) is 0 Å². The molecule has 6 nitrogen and oxygen atoms in total. The van der Waals surface area contributed by atoms with Crippen molar-refractivity contribution < 1.29 is 14.4 Å². The predicted molar refractivity (Wildman–Crippen MR) is 91.2 cm³/mol. The minimum Gasteiger partial charge on any atom is -0.368 e. The molecule has 0 radical (unpaired) electrons. The van der Waals surface area contributed by atoms with Crippen molar-refractivity contribution >= 4 is 17.7 Å². The lowest BCUT2D eigenvalue weighted by Gasteiger charge is -2.34.